The van der Waals surface area contributed by atoms with Crippen LogP contribution in [0.25, 0.3) is 0 Å². The van der Waals surface area contributed by atoms with Gasteiger partial charge in [-0.05, 0) is 18.2 Å². The summed E-state index contributed by atoms with van der Waals surface area (Å²) in [6, 6.07) is 6.41. The molecule has 27 heavy (non-hydrogen) atoms. The number of halogens is 3. The van der Waals surface area contributed by atoms with Gasteiger partial charge in [0.05, 0.1) is 27.8 Å². The highest BCUT2D eigenvalue weighted by molar-refractivity contribution is 6.35. The lowest BCUT2D eigenvalue weighted by molar-refractivity contribution is -0.384. The molecule has 3 rings (SSSR count). The number of anilines is 1. The van der Waals surface area contributed by atoms with Gasteiger partial charge in [-0.1, -0.05) is 23.2 Å². The van der Waals surface area contributed by atoms with Crippen LogP contribution in [0.2, 0.25) is 10.0 Å². The maximum atomic E-state index is 13.8. The third-order valence-electron chi connectivity index (χ3n) is 4.25. The van der Waals surface area contributed by atoms with Crippen molar-refractivity contribution in [1.29, 1.82) is 0 Å². The van der Waals surface area contributed by atoms with Crippen molar-refractivity contribution in [3.8, 4) is 0 Å². The number of nitrogens with two attached hydrogens (primary N) is 1. The number of nitro benzene ring substituents is 1. The molecule has 0 aromatic heterocycles. The van der Waals surface area contributed by atoms with Gasteiger partial charge < -0.3 is 15.4 Å². The molecule has 1 atom stereocenters. The van der Waals surface area contributed by atoms with Crippen molar-refractivity contribution in [1.82, 2.24) is 0 Å². The van der Waals surface area contributed by atoms with Crippen molar-refractivity contribution >= 4 is 40.5 Å². The lowest BCUT2D eigenvalue weighted by Crippen LogP contribution is -2.39. The molecular weight excluding hydrogens is 400 g/mol. The Morgan fingerprint density at radius 1 is 1.30 bits per heavy atom. The van der Waals surface area contributed by atoms with E-state index in [-0.39, 0.29) is 34.4 Å². The molecule has 1 saturated heterocycles. The second-order valence-electron chi connectivity index (χ2n) is 5.92. The summed E-state index contributed by atoms with van der Waals surface area (Å²) in [5, 5.41) is 11.1. The fraction of sp³-hybridized carbons (Fsp3) is 0.235. The quantitative estimate of drug-likeness (QED) is 0.467. The van der Waals surface area contributed by atoms with Gasteiger partial charge in [0, 0.05) is 35.8 Å². The monoisotopic (exact) mass is 413 g/mol. The summed E-state index contributed by atoms with van der Waals surface area (Å²) in [5.74, 6) is -1.41. The molecule has 10 heteroatoms. The standard InChI is InChI=1S/C17H14Cl2FN3O4/c18-12-7-13(19)14(20)6-10(12)16-8-22(3-4-27-16)15-2-1-9(23(25)26)5-11(15)17(21)24/h1-2,5-7,16H,3-4,8H2,(H2,21,24). The summed E-state index contributed by atoms with van der Waals surface area (Å²) in [7, 11) is 0. The van der Waals surface area contributed by atoms with Crippen LogP contribution >= 0.6 is 23.2 Å². The van der Waals surface area contributed by atoms with Gasteiger partial charge in [-0.25, -0.2) is 4.39 Å². The summed E-state index contributed by atoms with van der Waals surface area (Å²) >= 11 is 11.9. The van der Waals surface area contributed by atoms with E-state index in [9.17, 15) is 19.3 Å². The molecule has 2 N–H and O–H groups in total. The van der Waals surface area contributed by atoms with Crippen molar-refractivity contribution in [2.45, 2.75) is 6.10 Å². The molecule has 1 aliphatic rings. The molecule has 0 radical (unpaired) electrons. The van der Waals surface area contributed by atoms with Gasteiger partial charge in [0.2, 0.25) is 0 Å². The smallest absolute Gasteiger partial charge is 0.270 e. The van der Waals surface area contributed by atoms with Gasteiger partial charge in [-0.3, -0.25) is 14.9 Å². The van der Waals surface area contributed by atoms with Crippen LogP contribution < -0.4 is 10.6 Å². The number of hydrogen-bond acceptors (Lipinski definition) is 5. The molecule has 1 heterocycles. The van der Waals surface area contributed by atoms with Gasteiger partial charge >= 0.3 is 0 Å². The first kappa shape index (κ1) is 19.3. The van der Waals surface area contributed by atoms with E-state index in [0.29, 0.717) is 17.8 Å². The number of nitrogens with zero attached hydrogens (tertiary/aromatic N) is 2. The predicted molar refractivity (Wildman–Crippen MR) is 98.9 cm³/mol. The number of primary amides is 1. The van der Waals surface area contributed by atoms with Crippen LogP contribution in [0, 0.1) is 15.9 Å². The fourth-order valence-corrected chi connectivity index (χ4v) is 3.46. The Kier molecular flexibility index (Phi) is 5.50. The zero-order chi connectivity index (χ0) is 19.7. The first-order valence-electron chi connectivity index (χ1n) is 7.87. The molecule has 0 saturated carbocycles. The third kappa shape index (κ3) is 3.97. The zero-order valence-electron chi connectivity index (χ0n) is 13.8. The van der Waals surface area contributed by atoms with Crippen molar-refractivity contribution in [2.24, 2.45) is 5.73 Å². The van der Waals surface area contributed by atoms with Gasteiger partial charge in [-0.15, -0.1) is 0 Å². The zero-order valence-corrected chi connectivity index (χ0v) is 15.3. The molecule has 7 nitrogen and oxygen atoms in total. The van der Waals surface area contributed by atoms with E-state index in [1.165, 1.54) is 24.3 Å². The molecule has 2 aromatic carbocycles. The van der Waals surface area contributed by atoms with Crippen molar-refractivity contribution in [3.63, 3.8) is 0 Å². The summed E-state index contributed by atoms with van der Waals surface area (Å²) in [5.41, 5.74) is 6.04. The number of non-ortho nitro benzene ring substituents is 1. The Balaban J connectivity index is 1.94. The van der Waals surface area contributed by atoms with Crippen LogP contribution in [0.1, 0.15) is 22.0 Å². The maximum absolute atomic E-state index is 13.8. The second kappa shape index (κ2) is 7.67. The van der Waals surface area contributed by atoms with Crippen molar-refractivity contribution in [2.75, 3.05) is 24.6 Å². The first-order valence-corrected chi connectivity index (χ1v) is 8.62. The Morgan fingerprint density at radius 3 is 2.70 bits per heavy atom. The lowest BCUT2D eigenvalue weighted by atomic mass is 10.0. The number of carbonyl (C=O) groups excluding carboxylic acids is 1. The summed E-state index contributed by atoms with van der Waals surface area (Å²) < 4.78 is 19.5. The Labute approximate surface area is 163 Å². The molecule has 1 amide bonds. The van der Waals surface area contributed by atoms with Crippen LogP contribution in [-0.4, -0.2) is 30.5 Å². The molecule has 0 bridgehead atoms. The first-order chi connectivity index (χ1) is 12.8. The molecule has 142 valence electrons. The van der Waals surface area contributed by atoms with Crippen molar-refractivity contribution in [3.05, 3.63) is 67.4 Å². The van der Waals surface area contributed by atoms with Crippen LogP contribution in [0.3, 0.4) is 0 Å². The normalized spacial score (nSPS) is 17.0. The number of benzene rings is 2. The third-order valence-corrected chi connectivity index (χ3v) is 4.87. The number of amides is 1. The predicted octanol–water partition coefficient (Wildman–Crippen LogP) is 3.72. The number of ether oxygens (including phenoxy) is 1. The number of morpholine rings is 1. The van der Waals surface area contributed by atoms with Crippen molar-refractivity contribution < 1.29 is 18.8 Å². The van der Waals surface area contributed by atoms with E-state index in [0.717, 1.165) is 6.07 Å². The van der Waals surface area contributed by atoms with E-state index >= 15 is 0 Å². The second-order valence-corrected chi connectivity index (χ2v) is 6.73. The Bertz CT molecular complexity index is 925. The van der Waals surface area contributed by atoms with Crippen LogP contribution in [-0.2, 0) is 4.74 Å². The number of hydrogen-bond donors (Lipinski definition) is 1. The largest absolute Gasteiger partial charge is 0.370 e. The maximum Gasteiger partial charge on any atom is 0.270 e. The molecule has 2 aromatic rings. The van der Waals surface area contributed by atoms with E-state index in [2.05, 4.69) is 0 Å². The van der Waals surface area contributed by atoms with Crippen LogP contribution in [0.5, 0.6) is 0 Å². The SMILES string of the molecule is NC(=O)c1cc([N+](=O)[O-])ccc1N1CCOC(c2cc(F)c(Cl)cc2Cl)C1. The van der Waals surface area contributed by atoms with Gasteiger partial charge in [0.1, 0.15) is 11.9 Å². The molecule has 1 unspecified atom stereocenters. The molecule has 0 spiro atoms. The fourth-order valence-electron chi connectivity index (χ4n) is 2.95. The van der Waals surface area contributed by atoms with E-state index in [4.69, 9.17) is 33.7 Å². The molecule has 1 fully saturated rings. The highest BCUT2D eigenvalue weighted by Gasteiger charge is 2.28. The van der Waals surface area contributed by atoms with Crippen LogP contribution in [0.15, 0.2) is 30.3 Å². The molecule has 0 aliphatic carbocycles. The van der Waals surface area contributed by atoms with Gasteiger partial charge in [-0.2, -0.15) is 0 Å². The Hall–Kier alpha value is -2.42. The topological polar surface area (TPSA) is 98.7 Å². The number of carbonyl (C=O) groups is 1. The molecule has 1 aliphatic heterocycles. The molecular formula is C17H14Cl2FN3O4. The highest BCUT2D eigenvalue weighted by Crippen LogP contribution is 2.35. The van der Waals surface area contributed by atoms with E-state index < -0.39 is 22.8 Å². The van der Waals surface area contributed by atoms with Gasteiger partial charge in [0.25, 0.3) is 11.6 Å². The number of rotatable bonds is 4. The Morgan fingerprint density at radius 2 is 2.04 bits per heavy atom. The average Bonchev–Trinajstić information content (AvgIpc) is 2.64. The minimum atomic E-state index is -0.785. The summed E-state index contributed by atoms with van der Waals surface area (Å²) in [6.07, 6.45) is -0.575. The van der Waals surface area contributed by atoms with E-state index in [1.807, 2.05) is 0 Å². The lowest BCUT2D eigenvalue weighted by Gasteiger charge is -2.35. The summed E-state index contributed by atoms with van der Waals surface area (Å²) in [6.45, 7) is 0.946. The summed E-state index contributed by atoms with van der Waals surface area (Å²) in [4.78, 5) is 23.9. The van der Waals surface area contributed by atoms with Gasteiger partial charge in [0.15, 0.2) is 0 Å². The minimum absolute atomic E-state index is 0.0261. The minimum Gasteiger partial charge on any atom is -0.370 e. The average molecular weight is 414 g/mol. The van der Waals surface area contributed by atoms with Crippen LogP contribution in [0.4, 0.5) is 15.8 Å². The number of nitro groups is 1. The van der Waals surface area contributed by atoms with E-state index in [1.54, 1.807) is 4.90 Å². The highest BCUT2D eigenvalue weighted by atomic mass is 35.5.